The molecule has 2 heterocycles. The summed E-state index contributed by atoms with van der Waals surface area (Å²) in [4.78, 5) is 12.8. The first-order valence-electron chi connectivity index (χ1n) is 5.86. The average Bonchev–Trinajstić information content (AvgIpc) is 2.84. The van der Waals surface area contributed by atoms with Gasteiger partial charge in [-0.15, -0.1) is 0 Å². The Morgan fingerprint density at radius 3 is 2.67 bits per heavy atom. The lowest BCUT2D eigenvalue weighted by Crippen LogP contribution is -2.31. The molecule has 0 saturated carbocycles. The van der Waals surface area contributed by atoms with Crippen molar-refractivity contribution in [1.82, 2.24) is 30.2 Å². The molecule has 0 aliphatic carbocycles. The van der Waals surface area contributed by atoms with Crippen LogP contribution in [0.3, 0.4) is 0 Å². The maximum atomic E-state index is 5.56. The molecule has 3 N–H and O–H groups in total. The molecule has 96 valence electrons. The number of nitrogens with zero attached hydrogens (tertiary/aromatic N) is 5. The lowest BCUT2D eigenvalue weighted by Gasteiger charge is -2.14. The molecule has 7 heteroatoms. The fourth-order valence-electron chi connectivity index (χ4n) is 1.70. The van der Waals surface area contributed by atoms with Crippen LogP contribution in [0, 0.1) is 6.92 Å². The first kappa shape index (κ1) is 12.6. The predicted molar refractivity (Wildman–Crippen MR) is 66.2 cm³/mol. The Labute approximate surface area is 105 Å². The summed E-state index contributed by atoms with van der Waals surface area (Å²) in [6.07, 6.45) is 5.70. The SMILES string of the molecule is CCn1ncnc1CC(NN)c1ncc(C)cn1. The number of aromatic nitrogens is 5. The molecule has 2 rings (SSSR count). The van der Waals surface area contributed by atoms with Crippen molar-refractivity contribution in [2.24, 2.45) is 5.84 Å². The predicted octanol–water partition coefficient (Wildman–Crippen LogP) is 0.144. The van der Waals surface area contributed by atoms with Gasteiger partial charge in [0.2, 0.25) is 0 Å². The zero-order valence-electron chi connectivity index (χ0n) is 10.5. The van der Waals surface area contributed by atoms with E-state index in [-0.39, 0.29) is 6.04 Å². The van der Waals surface area contributed by atoms with Crippen LogP contribution in [0.15, 0.2) is 18.7 Å². The molecule has 0 saturated heterocycles. The summed E-state index contributed by atoms with van der Waals surface area (Å²) >= 11 is 0. The summed E-state index contributed by atoms with van der Waals surface area (Å²) < 4.78 is 1.83. The van der Waals surface area contributed by atoms with Crippen molar-refractivity contribution in [2.75, 3.05) is 0 Å². The Morgan fingerprint density at radius 1 is 1.33 bits per heavy atom. The van der Waals surface area contributed by atoms with Crippen LogP contribution in [0.4, 0.5) is 0 Å². The molecule has 0 bridgehead atoms. The van der Waals surface area contributed by atoms with Crippen molar-refractivity contribution in [2.45, 2.75) is 32.9 Å². The minimum Gasteiger partial charge on any atom is -0.271 e. The van der Waals surface area contributed by atoms with E-state index in [2.05, 4.69) is 25.5 Å². The lowest BCUT2D eigenvalue weighted by molar-refractivity contribution is 0.489. The monoisotopic (exact) mass is 247 g/mol. The van der Waals surface area contributed by atoms with E-state index in [1.54, 1.807) is 18.7 Å². The van der Waals surface area contributed by atoms with Gasteiger partial charge in [-0.3, -0.25) is 10.5 Å². The quantitative estimate of drug-likeness (QED) is 0.576. The van der Waals surface area contributed by atoms with Gasteiger partial charge in [-0.05, 0) is 19.4 Å². The zero-order valence-corrected chi connectivity index (χ0v) is 10.5. The van der Waals surface area contributed by atoms with Crippen LogP contribution in [0.5, 0.6) is 0 Å². The second-order valence-electron chi connectivity index (χ2n) is 4.03. The molecule has 0 amide bonds. The smallest absolute Gasteiger partial charge is 0.146 e. The van der Waals surface area contributed by atoms with Gasteiger partial charge < -0.3 is 0 Å². The highest BCUT2D eigenvalue weighted by molar-refractivity contribution is 5.06. The summed E-state index contributed by atoms with van der Waals surface area (Å²) in [6.45, 7) is 4.75. The minimum atomic E-state index is -0.167. The van der Waals surface area contributed by atoms with Crippen LogP contribution in [-0.2, 0) is 13.0 Å². The first-order chi connectivity index (χ1) is 8.74. The van der Waals surface area contributed by atoms with E-state index in [1.165, 1.54) is 0 Å². The topological polar surface area (TPSA) is 94.5 Å². The van der Waals surface area contributed by atoms with E-state index >= 15 is 0 Å². The first-order valence-corrected chi connectivity index (χ1v) is 5.86. The number of hydrazine groups is 1. The molecular formula is C11H17N7. The van der Waals surface area contributed by atoms with Gasteiger partial charge in [-0.25, -0.2) is 20.4 Å². The van der Waals surface area contributed by atoms with Crippen LogP contribution in [-0.4, -0.2) is 24.7 Å². The van der Waals surface area contributed by atoms with E-state index in [0.717, 1.165) is 17.9 Å². The summed E-state index contributed by atoms with van der Waals surface area (Å²) in [6, 6.07) is -0.167. The molecule has 0 radical (unpaired) electrons. The second-order valence-corrected chi connectivity index (χ2v) is 4.03. The highest BCUT2D eigenvalue weighted by Gasteiger charge is 2.16. The van der Waals surface area contributed by atoms with E-state index in [0.29, 0.717) is 12.2 Å². The normalized spacial score (nSPS) is 12.6. The molecule has 0 aliphatic rings. The van der Waals surface area contributed by atoms with Gasteiger partial charge in [-0.1, -0.05) is 0 Å². The van der Waals surface area contributed by atoms with E-state index in [4.69, 9.17) is 5.84 Å². The van der Waals surface area contributed by atoms with Crippen molar-refractivity contribution in [1.29, 1.82) is 0 Å². The Hall–Kier alpha value is -1.86. The number of hydrogen-bond donors (Lipinski definition) is 2. The zero-order chi connectivity index (χ0) is 13.0. The van der Waals surface area contributed by atoms with Crippen molar-refractivity contribution in [3.63, 3.8) is 0 Å². The summed E-state index contributed by atoms with van der Waals surface area (Å²) in [7, 11) is 0. The highest BCUT2D eigenvalue weighted by atomic mass is 15.3. The molecule has 0 aromatic carbocycles. The Balaban J connectivity index is 2.17. The average molecular weight is 247 g/mol. The van der Waals surface area contributed by atoms with E-state index in [9.17, 15) is 0 Å². The van der Waals surface area contributed by atoms with E-state index in [1.807, 2.05) is 18.5 Å². The van der Waals surface area contributed by atoms with Crippen molar-refractivity contribution in [3.8, 4) is 0 Å². The molecule has 0 fully saturated rings. The molecule has 2 aromatic rings. The summed E-state index contributed by atoms with van der Waals surface area (Å²) in [5, 5.41) is 4.13. The number of nitrogens with one attached hydrogen (secondary N) is 1. The van der Waals surface area contributed by atoms with Crippen LogP contribution < -0.4 is 11.3 Å². The number of nitrogens with two attached hydrogens (primary N) is 1. The minimum absolute atomic E-state index is 0.167. The maximum Gasteiger partial charge on any atom is 0.146 e. The largest absolute Gasteiger partial charge is 0.271 e. The molecule has 7 nitrogen and oxygen atoms in total. The fourth-order valence-corrected chi connectivity index (χ4v) is 1.70. The van der Waals surface area contributed by atoms with Crippen molar-refractivity contribution < 1.29 is 0 Å². The Morgan fingerprint density at radius 2 is 2.06 bits per heavy atom. The maximum absolute atomic E-state index is 5.56. The van der Waals surface area contributed by atoms with Crippen LogP contribution in [0.1, 0.15) is 30.2 Å². The van der Waals surface area contributed by atoms with Gasteiger partial charge in [-0.2, -0.15) is 5.10 Å². The molecule has 2 aromatic heterocycles. The van der Waals surface area contributed by atoms with Crippen LogP contribution in [0.25, 0.3) is 0 Å². The van der Waals surface area contributed by atoms with Crippen LogP contribution >= 0.6 is 0 Å². The third kappa shape index (κ3) is 2.69. The Kier molecular flexibility index (Phi) is 3.96. The third-order valence-electron chi connectivity index (χ3n) is 2.70. The number of rotatable bonds is 5. The van der Waals surface area contributed by atoms with Gasteiger partial charge in [0.1, 0.15) is 18.0 Å². The van der Waals surface area contributed by atoms with Gasteiger partial charge in [0.05, 0.1) is 6.04 Å². The number of hydrogen-bond acceptors (Lipinski definition) is 6. The van der Waals surface area contributed by atoms with Gasteiger partial charge in [0, 0.05) is 25.4 Å². The van der Waals surface area contributed by atoms with E-state index < -0.39 is 0 Å². The van der Waals surface area contributed by atoms with Crippen molar-refractivity contribution >= 4 is 0 Å². The summed E-state index contributed by atoms with van der Waals surface area (Å²) in [5.41, 5.74) is 3.74. The molecule has 18 heavy (non-hydrogen) atoms. The number of aryl methyl sites for hydroxylation is 2. The third-order valence-corrected chi connectivity index (χ3v) is 2.70. The van der Waals surface area contributed by atoms with Gasteiger partial charge in [0.25, 0.3) is 0 Å². The van der Waals surface area contributed by atoms with Gasteiger partial charge in [0.15, 0.2) is 0 Å². The summed E-state index contributed by atoms with van der Waals surface area (Å²) in [5.74, 6) is 7.09. The van der Waals surface area contributed by atoms with Gasteiger partial charge >= 0.3 is 0 Å². The molecular weight excluding hydrogens is 230 g/mol. The standard InChI is InChI=1S/C11H17N7/c1-3-18-10(15-7-16-18)4-9(17-12)11-13-5-8(2)6-14-11/h5-7,9,17H,3-4,12H2,1-2H3. The lowest BCUT2D eigenvalue weighted by atomic mass is 10.2. The molecule has 1 atom stereocenters. The van der Waals surface area contributed by atoms with Crippen molar-refractivity contribution in [3.05, 3.63) is 35.9 Å². The highest BCUT2D eigenvalue weighted by Crippen LogP contribution is 2.12. The Bertz CT molecular complexity index is 490. The second kappa shape index (κ2) is 5.65. The molecule has 0 aliphatic heterocycles. The van der Waals surface area contributed by atoms with Crippen LogP contribution in [0.2, 0.25) is 0 Å². The molecule has 1 unspecified atom stereocenters. The fraction of sp³-hybridized carbons (Fsp3) is 0.455. The molecule has 0 spiro atoms.